The zero-order valence-electron chi connectivity index (χ0n) is 13.5. The van der Waals surface area contributed by atoms with E-state index < -0.39 is 0 Å². The molecule has 3 aromatic rings. The molecule has 4 rings (SSSR count). The molecule has 1 aliphatic heterocycles. The molecule has 0 bridgehead atoms. The molecule has 0 unspecified atom stereocenters. The molecular formula is C18H20N4OS. The Bertz CT molecular complexity index is 845. The van der Waals surface area contributed by atoms with Crippen molar-refractivity contribution in [2.45, 2.75) is 25.9 Å². The van der Waals surface area contributed by atoms with Gasteiger partial charge in [-0.2, -0.15) is 0 Å². The molecule has 124 valence electrons. The van der Waals surface area contributed by atoms with Crippen molar-refractivity contribution >= 4 is 12.2 Å². The van der Waals surface area contributed by atoms with Gasteiger partial charge in [0, 0.05) is 0 Å². The topological polar surface area (TPSA) is 39.1 Å². The number of piperidine rings is 1. The SMILES string of the molecule is S=c1n(CN2CCCCC2)nc(-c2ccco2)n1-c1ccccc1. The predicted molar refractivity (Wildman–Crippen MR) is 95.5 cm³/mol. The van der Waals surface area contributed by atoms with Gasteiger partial charge in [-0.25, -0.2) is 4.68 Å². The van der Waals surface area contributed by atoms with Crippen molar-refractivity contribution in [3.05, 3.63) is 53.5 Å². The number of benzene rings is 1. The number of para-hydroxylation sites is 1. The van der Waals surface area contributed by atoms with Gasteiger partial charge in [-0.15, -0.1) is 5.10 Å². The van der Waals surface area contributed by atoms with E-state index in [1.54, 1.807) is 6.26 Å². The van der Waals surface area contributed by atoms with Crippen LogP contribution in [0.15, 0.2) is 53.1 Å². The number of aromatic nitrogens is 3. The molecule has 0 amide bonds. The van der Waals surface area contributed by atoms with Crippen LogP contribution in [0, 0.1) is 4.77 Å². The average Bonchev–Trinajstić information content (AvgIpc) is 3.26. The van der Waals surface area contributed by atoms with Gasteiger partial charge in [-0.3, -0.25) is 9.47 Å². The summed E-state index contributed by atoms with van der Waals surface area (Å²) in [6.45, 7) is 2.94. The number of hydrogen-bond acceptors (Lipinski definition) is 4. The highest BCUT2D eigenvalue weighted by atomic mass is 32.1. The second-order valence-corrected chi connectivity index (χ2v) is 6.44. The fourth-order valence-electron chi connectivity index (χ4n) is 3.17. The minimum Gasteiger partial charge on any atom is -0.461 e. The molecule has 1 aliphatic rings. The Hall–Kier alpha value is -2.18. The lowest BCUT2D eigenvalue weighted by Gasteiger charge is -2.25. The maximum absolute atomic E-state index is 5.73. The first-order valence-corrected chi connectivity index (χ1v) is 8.75. The summed E-state index contributed by atoms with van der Waals surface area (Å²) < 4.78 is 10.2. The number of hydrogen-bond donors (Lipinski definition) is 0. The van der Waals surface area contributed by atoms with Crippen LogP contribution in [-0.2, 0) is 6.67 Å². The summed E-state index contributed by atoms with van der Waals surface area (Å²) in [5, 5.41) is 4.76. The van der Waals surface area contributed by atoms with E-state index in [0.717, 1.165) is 37.0 Å². The van der Waals surface area contributed by atoms with Gasteiger partial charge in [-0.05, 0) is 62.4 Å². The Morgan fingerprint density at radius 1 is 1.00 bits per heavy atom. The Labute approximate surface area is 146 Å². The van der Waals surface area contributed by atoms with E-state index in [4.69, 9.17) is 21.7 Å². The molecule has 0 atom stereocenters. The summed E-state index contributed by atoms with van der Waals surface area (Å²) in [6, 6.07) is 13.9. The van der Waals surface area contributed by atoms with E-state index in [9.17, 15) is 0 Å². The summed E-state index contributed by atoms with van der Waals surface area (Å²) in [5.41, 5.74) is 0.999. The Morgan fingerprint density at radius 2 is 1.79 bits per heavy atom. The zero-order chi connectivity index (χ0) is 16.4. The summed E-state index contributed by atoms with van der Waals surface area (Å²) in [7, 11) is 0. The van der Waals surface area contributed by atoms with E-state index >= 15 is 0 Å². The van der Waals surface area contributed by atoms with E-state index in [-0.39, 0.29) is 0 Å². The minimum atomic E-state index is 0.693. The van der Waals surface area contributed by atoms with Gasteiger partial charge in [0.25, 0.3) is 0 Å². The largest absolute Gasteiger partial charge is 0.461 e. The first kappa shape index (κ1) is 15.4. The van der Waals surface area contributed by atoms with E-state index in [2.05, 4.69) is 4.90 Å². The highest BCUT2D eigenvalue weighted by molar-refractivity contribution is 7.71. The first-order valence-electron chi connectivity index (χ1n) is 8.34. The van der Waals surface area contributed by atoms with Crippen molar-refractivity contribution < 1.29 is 4.42 Å². The Morgan fingerprint density at radius 3 is 2.50 bits per heavy atom. The molecule has 0 aliphatic carbocycles. The maximum Gasteiger partial charge on any atom is 0.204 e. The Kier molecular flexibility index (Phi) is 4.32. The molecule has 0 spiro atoms. The van der Waals surface area contributed by atoms with Gasteiger partial charge in [-0.1, -0.05) is 24.6 Å². The number of furan rings is 1. The molecule has 1 fully saturated rings. The standard InChI is InChI=1S/C18H20N4OS/c24-18-21(14-20-11-5-2-6-12-20)19-17(16-10-7-13-23-16)22(18)15-8-3-1-4-9-15/h1,3-4,7-10,13H,2,5-6,11-12,14H2. The van der Waals surface area contributed by atoms with E-state index in [1.165, 1.54) is 19.3 Å². The number of likely N-dealkylation sites (tertiary alicyclic amines) is 1. The highest BCUT2D eigenvalue weighted by Crippen LogP contribution is 2.23. The van der Waals surface area contributed by atoms with Crippen LogP contribution in [0.25, 0.3) is 17.3 Å². The normalized spacial score (nSPS) is 15.7. The van der Waals surface area contributed by atoms with Gasteiger partial charge in [0.05, 0.1) is 18.6 Å². The summed E-state index contributed by atoms with van der Waals surface area (Å²) in [4.78, 5) is 2.41. The maximum atomic E-state index is 5.73. The molecule has 5 nitrogen and oxygen atoms in total. The van der Waals surface area contributed by atoms with Crippen molar-refractivity contribution in [3.8, 4) is 17.3 Å². The Balaban J connectivity index is 1.77. The van der Waals surface area contributed by atoms with E-state index in [0.29, 0.717) is 4.77 Å². The van der Waals surface area contributed by atoms with Gasteiger partial charge in [0.2, 0.25) is 10.6 Å². The van der Waals surface area contributed by atoms with Crippen LogP contribution in [0.2, 0.25) is 0 Å². The van der Waals surface area contributed by atoms with Crippen molar-refractivity contribution in [2.75, 3.05) is 13.1 Å². The number of rotatable bonds is 4. The third-order valence-corrected chi connectivity index (χ3v) is 4.77. The van der Waals surface area contributed by atoms with Crippen LogP contribution < -0.4 is 0 Å². The molecular weight excluding hydrogens is 320 g/mol. The summed E-state index contributed by atoms with van der Waals surface area (Å²) in [5.74, 6) is 1.47. The molecule has 2 aromatic heterocycles. The third kappa shape index (κ3) is 2.95. The molecule has 6 heteroatoms. The van der Waals surface area contributed by atoms with Gasteiger partial charge in [0.1, 0.15) is 0 Å². The molecule has 0 saturated carbocycles. The second-order valence-electron chi connectivity index (χ2n) is 6.07. The molecule has 0 N–H and O–H groups in total. The fourth-order valence-corrected chi connectivity index (χ4v) is 3.46. The van der Waals surface area contributed by atoms with E-state index in [1.807, 2.05) is 51.7 Å². The summed E-state index contributed by atoms with van der Waals surface area (Å²) >= 11 is 5.73. The van der Waals surface area contributed by atoms with Crippen molar-refractivity contribution in [3.63, 3.8) is 0 Å². The van der Waals surface area contributed by atoms with Gasteiger partial charge >= 0.3 is 0 Å². The lowest BCUT2D eigenvalue weighted by molar-refractivity contribution is 0.172. The molecule has 3 heterocycles. The van der Waals surface area contributed by atoms with Crippen molar-refractivity contribution in [1.82, 2.24) is 19.2 Å². The average molecular weight is 340 g/mol. The second kappa shape index (κ2) is 6.75. The van der Waals surface area contributed by atoms with Crippen molar-refractivity contribution in [1.29, 1.82) is 0 Å². The van der Waals surface area contributed by atoms with Crippen LogP contribution in [0.1, 0.15) is 19.3 Å². The smallest absolute Gasteiger partial charge is 0.204 e. The van der Waals surface area contributed by atoms with Crippen LogP contribution in [0.4, 0.5) is 0 Å². The third-order valence-electron chi connectivity index (χ3n) is 4.38. The predicted octanol–water partition coefficient (Wildman–Crippen LogP) is 4.11. The van der Waals surface area contributed by atoms with Crippen LogP contribution in [0.3, 0.4) is 0 Å². The van der Waals surface area contributed by atoms with Crippen LogP contribution in [-0.4, -0.2) is 32.3 Å². The monoisotopic (exact) mass is 340 g/mol. The quantitative estimate of drug-likeness (QED) is 0.670. The summed E-state index contributed by atoms with van der Waals surface area (Å²) in [6.07, 6.45) is 5.48. The zero-order valence-corrected chi connectivity index (χ0v) is 14.3. The first-order chi connectivity index (χ1) is 11.8. The highest BCUT2D eigenvalue weighted by Gasteiger charge is 2.18. The van der Waals surface area contributed by atoms with Crippen LogP contribution in [0.5, 0.6) is 0 Å². The van der Waals surface area contributed by atoms with Gasteiger partial charge in [0.15, 0.2) is 5.76 Å². The lowest BCUT2D eigenvalue weighted by atomic mass is 10.1. The molecule has 1 saturated heterocycles. The minimum absolute atomic E-state index is 0.693. The van der Waals surface area contributed by atoms with Crippen molar-refractivity contribution in [2.24, 2.45) is 0 Å². The molecule has 0 radical (unpaired) electrons. The fraction of sp³-hybridized carbons (Fsp3) is 0.333. The molecule has 1 aromatic carbocycles. The van der Waals surface area contributed by atoms with Gasteiger partial charge < -0.3 is 4.42 Å². The molecule has 24 heavy (non-hydrogen) atoms. The number of nitrogens with zero attached hydrogens (tertiary/aromatic N) is 4. The van der Waals surface area contributed by atoms with Crippen LogP contribution >= 0.6 is 12.2 Å². The lowest BCUT2D eigenvalue weighted by Crippen LogP contribution is -2.32.